The molecule has 1 fully saturated rings. The maximum Gasteiger partial charge on any atom is 0.335 e. The molecular weight excluding hydrogens is 226 g/mol. The first kappa shape index (κ1) is 11.5. The van der Waals surface area contributed by atoms with E-state index in [9.17, 15) is 4.79 Å². The topological polar surface area (TPSA) is 38.3 Å². The zero-order chi connectivity index (χ0) is 12.6. The van der Waals surface area contributed by atoms with Crippen molar-refractivity contribution in [3.63, 3.8) is 0 Å². The summed E-state index contributed by atoms with van der Waals surface area (Å²) in [5, 5.41) is 3.62. The average Bonchev–Trinajstić information content (AvgIpc) is 2.78. The van der Waals surface area contributed by atoms with Crippen LogP contribution in [0.25, 0.3) is 0 Å². The molecule has 2 aliphatic rings. The Balaban J connectivity index is 1.92. The van der Waals surface area contributed by atoms with Crippen molar-refractivity contribution in [2.45, 2.75) is 30.8 Å². The molecule has 3 rings (SSSR count). The van der Waals surface area contributed by atoms with Crippen molar-refractivity contribution in [2.24, 2.45) is 0 Å². The van der Waals surface area contributed by atoms with Gasteiger partial charge in [0.05, 0.1) is 12.7 Å². The van der Waals surface area contributed by atoms with E-state index in [1.807, 2.05) is 12.1 Å². The number of hydrogen-bond acceptors (Lipinski definition) is 3. The number of methoxy groups -OCH3 is 1. The highest BCUT2D eigenvalue weighted by atomic mass is 16.5. The maximum atomic E-state index is 11.7. The Morgan fingerprint density at radius 3 is 2.89 bits per heavy atom. The van der Waals surface area contributed by atoms with E-state index in [-0.39, 0.29) is 17.6 Å². The van der Waals surface area contributed by atoms with Crippen LogP contribution in [0.5, 0.6) is 0 Å². The summed E-state index contributed by atoms with van der Waals surface area (Å²) >= 11 is 0. The number of fused-ring (bicyclic) bond motifs is 2. The van der Waals surface area contributed by atoms with Gasteiger partial charge in [-0.3, -0.25) is 5.32 Å². The van der Waals surface area contributed by atoms with Gasteiger partial charge in [-0.2, -0.15) is 0 Å². The molecule has 94 valence electrons. The highest BCUT2D eigenvalue weighted by molar-refractivity contribution is 5.90. The number of rotatable bonds is 2. The van der Waals surface area contributed by atoms with Crippen LogP contribution in [0.3, 0.4) is 0 Å². The molecule has 2 heterocycles. The molecule has 0 amide bonds. The largest absolute Gasteiger partial charge is 0.466 e. The standard InChI is InChI=1S/C15H17NO2/c1-18-14(17)12-7-9-15(10-8-13(12)16-15)11-5-3-2-4-6-11/h2-7,13,16H,8-10H2,1H3/t13-,15-/m1/s1. The van der Waals surface area contributed by atoms with Crippen molar-refractivity contribution >= 4 is 5.97 Å². The molecule has 1 aromatic rings. The third kappa shape index (κ3) is 1.66. The summed E-state index contributed by atoms with van der Waals surface area (Å²) in [4.78, 5) is 11.7. The second-order valence-corrected chi connectivity index (χ2v) is 5.04. The van der Waals surface area contributed by atoms with Crippen LogP contribution in [0.4, 0.5) is 0 Å². The van der Waals surface area contributed by atoms with Gasteiger partial charge in [0.25, 0.3) is 0 Å². The molecule has 18 heavy (non-hydrogen) atoms. The van der Waals surface area contributed by atoms with Gasteiger partial charge in [0.1, 0.15) is 0 Å². The molecule has 1 saturated heterocycles. The van der Waals surface area contributed by atoms with Gasteiger partial charge in [-0.05, 0) is 24.8 Å². The summed E-state index contributed by atoms with van der Waals surface area (Å²) in [6, 6.07) is 10.6. The Morgan fingerprint density at radius 1 is 1.39 bits per heavy atom. The summed E-state index contributed by atoms with van der Waals surface area (Å²) in [6.07, 6.45) is 4.97. The van der Waals surface area contributed by atoms with E-state index < -0.39 is 0 Å². The minimum absolute atomic E-state index is 0.0173. The van der Waals surface area contributed by atoms with E-state index in [1.54, 1.807) is 0 Å². The lowest BCUT2D eigenvalue weighted by Crippen LogP contribution is -2.45. The lowest BCUT2D eigenvalue weighted by atomic mass is 9.84. The number of esters is 1. The van der Waals surface area contributed by atoms with Crippen molar-refractivity contribution in [1.29, 1.82) is 0 Å². The lowest BCUT2D eigenvalue weighted by molar-refractivity contribution is -0.136. The van der Waals surface area contributed by atoms with Crippen LogP contribution >= 0.6 is 0 Å². The van der Waals surface area contributed by atoms with Crippen LogP contribution in [0, 0.1) is 0 Å². The van der Waals surface area contributed by atoms with Crippen LogP contribution < -0.4 is 5.32 Å². The molecule has 2 aliphatic heterocycles. The van der Waals surface area contributed by atoms with Gasteiger partial charge >= 0.3 is 5.97 Å². The second kappa shape index (κ2) is 4.25. The fourth-order valence-corrected chi connectivity index (χ4v) is 3.14. The van der Waals surface area contributed by atoms with Crippen LogP contribution in [0.2, 0.25) is 0 Å². The van der Waals surface area contributed by atoms with E-state index in [0.29, 0.717) is 0 Å². The minimum Gasteiger partial charge on any atom is -0.466 e. The number of ether oxygens (including phenoxy) is 1. The Bertz CT molecular complexity index is 494. The number of hydrogen-bond donors (Lipinski definition) is 1. The summed E-state index contributed by atoms with van der Waals surface area (Å²) in [5.74, 6) is -0.198. The third-order valence-corrected chi connectivity index (χ3v) is 4.10. The zero-order valence-electron chi connectivity index (χ0n) is 10.5. The van der Waals surface area contributed by atoms with Gasteiger partial charge in [0, 0.05) is 11.6 Å². The van der Waals surface area contributed by atoms with E-state index in [2.05, 4.69) is 29.6 Å². The first-order valence-corrected chi connectivity index (χ1v) is 6.37. The molecule has 1 N–H and O–H groups in total. The molecule has 0 radical (unpaired) electrons. The van der Waals surface area contributed by atoms with Crippen LogP contribution in [-0.2, 0) is 15.1 Å². The smallest absolute Gasteiger partial charge is 0.335 e. The molecule has 2 atom stereocenters. The molecule has 3 nitrogen and oxygen atoms in total. The minimum atomic E-state index is -0.198. The maximum absolute atomic E-state index is 11.7. The van der Waals surface area contributed by atoms with Crippen LogP contribution in [-0.4, -0.2) is 19.1 Å². The predicted molar refractivity (Wildman–Crippen MR) is 69.0 cm³/mol. The highest BCUT2D eigenvalue weighted by Gasteiger charge is 2.44. The molecule has 0 aromatic heterocycles. The Hall–Kier alpha value is -1.61. The van der Waals surface area contributed by atoms with E-state index in [4.69, 9.17) is 4.74 Å². The summed E-state index contributed by atoms with van der Waals surface area (Å²) in [7, 11) is 1.44. The SMILES string of the molecule is COC(=O)C1=CC[C@]2(c3ccccc3)CC[C@H]1N2. The van der Waals surface area contributed by atoms with E-state index in [0.717, 1.165) is 24.8 Å². The van der Waals surface area contributed by atoms with Crippen molar-refractivity contribution in [3.8, 4) is 0 Å². The first-order valence-electron chi connectivity index (χ1n) is 6.37. The normalized spacial score (nSPS) is 29.8. The van der Waals surface area contributed by atoms with Gasteiger partial charge in [0.15, 0.2) is 0 Å². The fourth-order valence-electron chi connectivity index (χ4n) is 3.14. The molecular formula is C15H17NO2. The van der Waals surface area contributed by atoms with Crippen LogP contribution in [0.15, 0.2) is 42.0 Å². The Morgan fingerprint density at radius 2 is 2.17 bits per heavy atom. The Labute approximate surface area is 107 Å². The number of benzene rings is 1. The molecule has 1 aromatic carbocycles. The van der Waals surface area contributed by atoms with Crippen molar-refractivity contribution in [2.75, 3.05) is 7.11 Å². The monoisotopic (exact) mass is 243 g/mol. The average molecular weight is 243 g/mol. The van der Waals surface area contributed by atoms with Gasteiger partial charge < -0.3 is 4.74 Å². The van der Waals surface area contributed by atoms with Crippen LogP contribution in [0.1, 0.15) is 24.8 Å². The number of carbonyl (C=O) groups excluding carboxylic acids is 1. The van der Waals surface area contributed by atoms with E-state index in [1.165, 1.54) is 12.7 Å². The molecule has 3 heteroatoms. The molecule has 0 unspecified atom stereocenters. The number of nitrogens with one attached hydrogen (secondary N) is 1. The fraction of sp³-hybridized carbons (Fsp3) is 0.400. The zero-order valence-corrected chi connectivity index (χ0v) is 10.5. The summed E-state index contributed by atoms with van der Waals surface area (Å²) in [6.45, 7) is 0. The van der Waals surface area contributed by atoms with Gasteiger partial charge in [-0.25, -0.2) is 4.79 Å². The molecule has 2 bridgehead atoms. The molecule has 0 saturated carbocycles. The van der Waals surface area contributed by atoms with Crippen molar-refractivity contribution < 1.29 is 9.53 Å². The third-order valence-electron chi connectivity index (χ3n) is 4.10. The second-order valence-electron chi connectivity index (χ2n) is 5.04. The first-order chi connectivity index (χ1) is 8.75. The quantitative estimate of drug-likeness (QED) is 0.809. The summed E-state index contributed by atoms with van der Waals surface area (Å²) < 4.78 is 4.83. The molecule has 0 spiro atoms. The van der Waals surface area contributed by atoms with Crippen molar-refractivity contribution in [3.05, 3.63) is 47.5 Å². The van der Waals surface area contributed by atoms with E-state index >= 15 is 0 Å². The predicted octanol–water partition coefficient (Wildman–Crippen LogP) is 2.14. The van der Waals surface area contributed by atoms with Gasteiger partial charge in [0.2, 0.25) is 0 Å². The lowest BCUT2D eigenvalue weighted by Gasteiger charge is -2.34. The summed E-state index contributed by atoms with van der Waals surface area (Å²) in [5.41, 5.74) is 2.12. The number of carbonyl (C=O) groups is 1. The molecule has 0 aliphatic carbocycles. The Kier molecular flexibility index (Phi) is 2.71. The van der Waals surface area contributed by atoms with Gasteiger partial charge in [-0.1, -0.05) is 36.4 Å². The van der Waals surface area contributed by atoms with Crippen molar-refractivity contribution in [1.82, 2.24) is 5.32 Å². The highest BCUT2D eigenvalue weighted by Crippen LogP contribution is 2.42. The van der Waals surface area contributed by atoms with Gasteiger partial charge in [-0.15, -0.1) is 0 Å².